The third-order valence-electron chi connectivity index (χ3n) is 3.55. The first-order valence-corrected chi connectivity index (χ1v) is 8.03. The molecule has 2 amide bonds. The Hall–Kier alpha value is -2.11. The highest BCUT2D eigenvalue weighted by Crippen LogP contribution is 2.15. The standard InChI is InChI=1S/C17H25N3O3/c1-17(2,3)23-16(22)19-14-9-5-7-11-20(15(14)21)12-13-8-4-6-10-18-13/h4,6,8,10,14H,5,7,9,11-12H2,1-3H3,(H,19,22)/t14-/m0/s1. The number of likely N-dealkylation sites (tertiary alicyclic amines) is 1. The van der Waals surface area contributed by atoms with Crippen LogP contribution in [-0.2, 0) is 16.1 Å². The van der Waals surface area contributed by atoms with E-state index in [1.807, 2.05) is 18.2 Å². The molecule has 1 aromatic heterocycles. The normalized spacial score (nSPS) is 19.2. The van der Waals surface area contributed by atoms with Gasteiger partial charge in [-0.2, -0.15) is 0 Å². The van der Waals surface area contributed by atoms with E-state index < -0.39 is 17.7 Å². The van der Waals surface area contributed by atoms with E-state index >= 15 is 0 Å². The van der Waals surface area contributed by atoms with Gasteiger partial charge in [-0.05, 0) is 52.2 Å². The zero-order valence-corrected chi connectivity index (χ0v) is 14.0. The first kappa shape index (κ1) is 17.2. The van der Waals surface area contributed by atoms with Crippen molar-refractivity contribution in [3.05, 3.63) is 30.1 Å². The van der Waals surface area contributed by atoms with Crippen LogP contribution in [0.15, 0.2) is 24.4 Å². The summed E-state index contributed by atoms with van der Waals surface area (Å²) in [5.41, 5.74) is 0.268. The number of carbonyl (C=O) groups is 2. The Morgan fingerprint density at radius 2 is 2.17 bits per heavy atom. The van der Waals surface area contributed by atoms with Gasteiger partial charge in [-0.3, -0.25) is 9.78 Å². The molecule has 126 valence electrons. The number of nitrogens with one attached hydrogen (secondary N) is 1. The topological polar surface area (TPSA) is 71.5 Å². The largest absolute Gasteiger partial charge is 0.444 e. The third kappa shape index (κ3) is 5.54. The molecule has 1 N–H and O–H groups in total. The number of hydrogen-bond donors (Lipinski definition) is 1. The van der Waals surface area contributed by atoms with Crippen molar-refractivity contribution in [2.45, 2.75) is 58.2 Å². The smallest absolute Gasteiger partial charge is 0.408 e. The van der Waals surface area contributed by atoms with Gasteiger partial charge in [-0.25, -0.2) is 4.79 Å². The van der Waals surface area contributed by atoms with Crippen molar-refractivity contribution in [1.82, 2.24) is 15.2 Å². The Morgan fingerprint density at radius 3 is 2.83 bits per heavy atom. The summed E-state index contributed by atoms with van der Waals surface area (Å²) < 4.78 is 5.25. The molecule has 23 heavy (non-hydrogen) atoms. The highest BCUT2D eigenvalue weighted by molar-refractivity contribution is 5.85. The minimum absolute atomic E-state index is 0.0704. The highest BCUT2D eigenvalue weighted by Gasteiger charge is 2.29. The van der Waals surface area contributed by atoms with E-state index in [2.05, 4.69) is 10.3 Å². The van der Waals surface area contributed by atoms with Crippen molar-refractivity contribution in [3.63, 3.8) is 0 Å². The SMILES string of the molecule is CC(C)(C)OC(=O)N[C@H]1CCCCN(Cc2ccccn2)C1=O. The van der Waals surface area contributed by atoms with Crippen LogP contribution in [-0.4, -0.2) is 40.1 Å². The highest BCUT2D eigenvalue weighted by atomic mass is 16.6. The van der Waals surface area contributed by atoms with Crippen LogP contribution in [0.2, 0.25) is 0 Å². The van der Waals surface area contributed by atoms with E-state index in [1.165, 1.54) is 0 Å². The molecule has 1 aliphatic heterocycles. The summed E-state index contributed by atoms with van der Waals surface area (Å²) in [6, 6.07) is 5.12. The van der Waals surface area contributed by atoms with E-state index in [-0.39, 0.29) is 5.91 Å². The number of amides is 2. The van der Waals surface area contributed by atoms with E-state index in [1.54, 1.807) is 31.9 Å². The molecule has 0 aliphatic carbocycles. The lowest BCUT2D eigenvalue weighted by atomic mass is 10.1. The Bertz CT molecular complexity index is 540. The average molecular weight is 319 g/mol. The van der Waals surface area contributed by atoms with E-state index in [4.69, 9.17) is 4.74 Å². The first-order valence-electron chi connectivity index (χ1n) is 8.03. The summed E-state index contributed by atoms with van der Waals surface area (Å²) >= 11 is 0. The number of nitrogens with zero attached hydrogens (tertiary/aromatic N) is 2. The molecule has 1 fully saturated rings. The summed E-state index contributed by atoms with van der Waals surface area (Å²) in [5, 5.41) is 2.71. The summed E-state index contributed by atoms with van der Waals surface area (Å²) in [5.74, 6) is -0.0704. The van der Waals surface area contributed by atoms with E-state index in [0.29, 0.717) is 19.5 Å². The van der Waals surface area contributed by atoms with Gasteiger partial charge in [-0.1, -0.05) is 6.07 Å². The fraction of sp³-hybridized carbons (Fsp3) is 0.588. The molecule has 0 bridgehead atoms. The molecule has 1 atom stereocenters. The number of hydrogen-bond acceptors (Lipinski definition) is 4. The van der Waals surface area contributed by atoms with Crippen molar-refractivity contribution >= 4 is 12.0 Å². The zero-order chi connectivity index (χ0) is 16.9. The van der Waals surface area contributed by atoms with Crippen LogP contribution < -0.4 is 5.32 Å². The maximum Gasteiger partial charge on any atom is 0.408 e. The summed E-state index contributed by atoms with van der Waals surface area (Å²) in [6.45, 7) is 6.55. The van der Waals surface area contributed by atoms with Crippen LogP contribution in [0.25, 0.3) is 0 Å². The minimum atomic E-state index is -0.578. The predicted molar refractivity (Wildman–Crippen MR) is 86.7 cm³/mol. The first-order chi connectivity index (χ1) is 10.8. The van der Waals surface area contributed by atoms with Gasteiger partial charge in [0.2, 0.25) is 5.91 Å². The van der Waals surface area contributed by atoms with Gasteiger partial charge in [0.1, 0.15) is 11.6 Å². The second-order valence-corrected chi connectivity index (χ2v) is 6.78. The molecule has 1 saturated heterocycles. The third-order valence-corrected chi connectivity index (χ3v) is 3.55. The molecule has 6 heteroatoms. The lowest BCUT2D eigenvalue weighted by Crippen LogP contribution is -2.48. The van der Waals surface area contributed by atoms with Gasteiger partial charge in [-0.15, -0.1) is 0 Å². The van der Waals surface area contributed by atoms with Crippen molar-refractivity contribution in [3.8, 4) is 0 Å². The van der Waals surface area contributed by atoms with Crippen molar-refractivity contribution in [2.75, 3.05) is 6.54 Å². The quantitative estimate of drug-likeness (QED) is 0.929. The van der Waals surface area contributed by atoms with Crippen LogP contribution in [0, 0.1) is 0 Å². The van der Waals surface area contributed by atoms with Crippen LogP contribution in [0.5, 0.6) is 0 Å². The molecule has 2 heterocycles. The maximum absolute atomic E-state index is 12.7. The van der Waals surface area contributed by atoms with Crippen molar-refractivity contribution in [1.29, 1.82) is 0 Å². The van der Waals surface area contributed by atoms with Crippen LogP contribution in [0.3, 0.4) is 0 Å². The van der Waals surface area contributed by atoms with Crippen LogP contribution in [0.1, 0.15) is 45.7 Å². The fourth-order valence-corrected chi connectivity index (χ4v) is 2.53. The molecule has 0 aromatic carbocycles. The summed E-state index contributed by atoms with van der Waals surface area (Å²) in [4.78, 5) is 30.6. The van der Waals surface area contributed by atoms with E-state index in [0.717, 1.165) is 18.5 Å². The molecular formula is C17H25N3O3. The van der Waals surface area contributed by atoms with Crippen LogP contribution >= 0.6 is 0 Å². The number of pyridine rings is 1. The van der Waals surface area contributed by atoms with Gasteiger partial charge in [0.15, 0.2) is 0 Å². The molecule has 0 spiro atoms. The van der Waals surface area contributed by atoms with Gasteiger partial charge < -0.3 is 15.0 Å². The minimum Gasteiger partial charge on any atom is -0.444 e. The van der Waals surface area contributed by atoms with Gasteiger partial charge >= 0.3 is 6.09 Å². The van der Waals surface area contributed by atoms with Gasteiger partial charge in [0.25, 0.3) is 0 Å². The number of carbonyl (C=O) groups excluding carboxylic acids is 2. The molecule has 0 unspecified atom stereocenters. The second-order valence-electron chi connectivity index (χ2n) is 6.78. The molecular weight excluding hydrogens is 294 g/mol. The van der Waals surface area contributed by atoms with Crippen molar-refractivity contribution in [2.24, 2.45) is 0 Å². The Labute approximate surface area is 137 Å². The number of aromatic nitrogens is 1. The average Bonchev–Trinajstić information content (AvgIpc) is 2.62. The molecule has 2 rings (SSSR count). The van der Waals surface area contributed by atoms with Gasteiger partial charge in [0.05, 0.1) is 12.2 Å². The molecule has 1 aromatic rings. The number of ether oxygens (including phenoxy) is 1. The van der Waals surface area contributed by atoms with E-state index in [9.17, 15) is 9.59 Å². The summed E-state index contributed by atoms with van der Waals surface area (Å²) in [7, 11) is 0. The lowest BCUT2D eigenvalue weighted by Gasteiger charge is -2.26. The zero-order valence-electron chi connectivity index (χ0n) is 14.0. The Kier molecular flexibility index (Phi) is 5.58. The Balaban J connectivity index is 2.00. The van der Waals surface area contributed by atoms with Gasteiger partial charge in [0, 0.05) is 12.7 Å². The number of rotatable bonds is 3. The molecule has 0 saturated carbocycles. The second kappa shape index (κ2) is 7.44. The van der Waals surface area contributed by atoms with Crippen molar-refractivity contribution < 1.29 is 14.3 Å². The Morgan fingerprint density at radius 1 is 1.39 bits per heavy atom. The van der Waals surface area contributed by atoms with Crippen LogP contribution in [0.4, 0.5) is 4.79 Å². The summed E-state index contributed by atoms with van der Waals surface area (Å²) in [6.07, 6.45) is 3.62. The lowest BCUT2D eigenvalue weighted by molar-refractivity contribution is -0.133. The molecule has 6 nitrogen and oxygen atoms in total. The predicted octanol–water partition coefficient (Wildman–Crippen LogP) is 2.49. The fourth-order valence-electron chi connectivity index (χ4n) is 2.53. The monoisotopic (exact) mass is 319 g/mol. The molecule has 1 aliphatic rings. The number of alkyl carbamates (subject to hydrolysis) is 1. The molecule has 0 radical (unpaired) electrons. The maximum atomic E-state index is 12.7.